The number of nitrogens with one attached hydrogen (secondary N) is 1. The van der Waals surface area contributed by atoms with Crippen LogP contribution < -0.4 is 0 Å². The fourth-order valence-electron chi connectivity index (χ4n) is 1.09. The lowest BCUT2D eigenvalue weighted by molar-refractivity contribution is 0.0600. The number of carbonyl (C=O) groups excluding carboxylic acids is 1. The number of benzene rings is 1. The Morgan fingerprint density at radius 3 is 2.38 bits per heavy atom. The van der Waals surface area contributed by atoms with Crippen molar-refractivity contribution in [3.05, 3.63) is 27.7 Å². The van der Waals surface area contributed by atoms with Gasteiger partial charge in [-0.05, 0) is 12.1 Å². The second-order valence-corrected chi connectivity index (χ2v) is 6.04. The zero-order valence-electron chi connectivity index (χ0n) is 8.54. The zero-order chi connectivity index (χ0) is 12.5. The van der Waals surface area contributed by atoms with Crippen molar-refractivity contribution in [3.8, 4) is 0 Å². The quantitative estimate of drug-likeness (QED) is 0.848. The molecule has 0 aliphatic rings. The van der Waals surface area contributed by atoms with Gasteiger partial charge in [0.2, 0.25) is 0 Å². The number of carbonyl (C=O) groups is 1. The number of halogens is 2. The largest absolute Gasteiger partial charge is 0.465 e. The molecule has 4 nitrogen and oxygen atoms in total. The molecule has 88 valence electrons. The Kier molecular flexibility index (Phi) is 3.83. The third-order valence-corrected chi connectivity index (χ3v) is 3.76. The normalized spacial score (nSPS) is 14.2. The summed E-state index contributed by atoms with van der Waals surface area (Å²) in [5, 5.41) is 0.199. The Labute approximate surface area is 103 Å². The van der Waals surface area contributed by atoms with E-state index in [2.05, 4.69) is 4.74 Å². The van der Waals surface area contributed by atoms with Gasteiger partial charge in [0.05, 0.1) is 37.3 Å². The van der Waals surface area contributed by atoms with Crippen LogP contribution in [0.3, 0.4) is 0 Å². The van der Waals surface area contributed by atoms with Crippen LogP contribution in [-0.2, 0) is 14.5 Å². The maximum absolute atomic E-state index is 11.6. The van der Waals surface area contributed by atoms with Gasteiger partial charge >= 0.3 is 5.97 Å². The molecule has 1 aromatic rings. The molecular formula is C9H9Cl2NO3S. The molecule has 0 saturated carbocycles. The van der Waals surface area contributed by atoms with E-state index in [0.717, 1.165) is 0 Å². The van der Waals surface area contributed by atoms with Gasteiger partial charge in [0.25, 0.3) is 0 Å². The standard InChI is InChI=1S/C9H9Cl2NO3S/c1-15-9(13)5-3-8(16(2,12)14)7(11)4-6(5)10/h3-4,12H,1-2H3. The summed E-state index contributed by atoms with van der Waals surface area (Å²) in [5.74, 6) is -0.661. The zero-order valence-corrected chi connectivity index (χ0v) is 10.9. The molecule has 0 aliphatic heterocycles. The van der Waals surface area contributed by atoms with Crippen molar-refractivity contribution in [1.82, 2.24) is 0 Å². The molecule has 0 aromatic heterocycles. The van der Waals surface area contributed by atoms with Crippen molar-refractivity contribution in [2.75, 3.05) is 13.4 Å². The first-order valence-corrected chi connectivity index (χ1v) is 6.80. The van der Waals surface area contributed by atoms with E-state index in [-0.39, 0.29) is 20.5 Å². The van der Waals surface area contributed by atoms with Crippen molar-refractivity contribution >= 4 is 38.9 Å². The summed E-state index contributed by atoms with van der Waals surface area (Å²) in [4.78, 5) is 11.4. The second kappa shape index (κ2) is 4.61. The first-order valence-electron chi connectivity index (χ1n) is 4.08. The first kappa shape index (κ1) is 13.3. The van der Waals surface area contributed by atoms with Gasteiger partial charge in [-0.25, -0.2) is 13.8 Å². The minimum atomic E-state index is -3.01. The Hall–Kier alpha value is -0.780. The van der Waals surface area contributed by atoms with Crippen LogP contribution in [0.5, 0.6) is 0 Å². The monoisotopic (exact) mass is 281 g/mol. The summed E-state index contributed by atoms with van der Waals surface area (Å²) in [6, 6.07) is 2.51. The number of esters is 1. The van der Waals surface area contributed by atoms with Gasteiger partial charge in [0, 0.05) is 6.26 Å². The Bertz CT molecular complexity index is 540. The topological polar surface area (TPSA) is 67.2 Å². The summed E-state index contributed by atoms with van der Waals surface area (Å²) < 4.78 is 23.5. The molecule has 0 aliphatic carbocycles. The van der Waals surface area contributed by atoms with Crippen molar-refractivity contribution in [2.24, 2.45) is 0 Å². The van der Waals surface area contributed by atoms with Gasteiger partial charge in [0.15, 0.2) is 0 Å². The van der Waals surface area contributed by atoms with Crippen LogP contribution >= 0.6 is 23.2 Å². The number of hydrogen-bond acceptors (Lipinski definition) is 4. The Morgan fingerprint density at radius 2 is 1.94 bits per heavy atom. The smallest absolute Gasteiger partial charge is 0.339 e. The summed E-state index contributed by atoms with van der Waals surface area (Å²) in [6.07, 6.45) is 1.21. The van der Waals surface area contributed by atoms with Crippen LogP contribution in [0, 0.1) is 4.78 Å². The maximum atomic E-state index is 11.6. The molecule has 1 rings (SSSR count). The molecule has 0 heterocycles. The van der Waals surface area contributed by atoms with Gasteiger partial charge in [-0.15, -0.1) is 0 Å². The average molecular weight is 282 g/mol. The van der Waals surface area contributed by atoms with Crippen molar-refractivity contribution < 1.29 is 13.7 Å². The molecule has 1 unspecified atom stereocenters. The number of ether oxygens (including phenoxy) is 1. The third-order valence-electron chi connectivity index (χ3n) is 1.85. The fraction of sp³-hybridized carbons (Fsp3) is 0.222. The Morgan fingerprint density at radius 1 is 1.38 bits per heavy atom. The predicted molar refractivity (Wildman–Crippen MR) is 62.9 cm³/mol. The highest BCUT2D eigenvalue weighted by molar-refractivity contribution is 7.91. The molecule has 0 spiro atoms. The van der Waals surface area contributed by atoms with E-state index >= 15 is 0 Å². The second-order valence-electron chi connectivity index (χ2n) is 3.10. The van der Waals surface area contributed by atoms with Gasteiger partial charge in [-0.1, -0.05) is 23.2 Å². The van der Waals surface area contributed by atoms with Crippen molar-refractivity contribution in [2.45, 2.75) is 4.90 Å². The van der Waals surface area contributed by atoms with E-state index in [1.807, 2.05) is 0 Å². The Balaban J connectivity index is 3.51. The predicted octanol–water partition coefficient (Wildman–Crippen LogP) is 2.82. The minimum Gasteiger partial charge on any atom is -0.465 e. The third kappa shape index (κ3) is 2.66. The minimum absolute atomic E-state index is 0.0467. The highest BCUT2D eigenvalue weighted by Gasteiger charge is 2.17. The lowest BCUT2D eigenvalue weighted by Crippen LogP contribution is -2.05. The molecule has 1 atom stereocenters. The number of rotatable bonds is 2. The summed E-state index contributed by atoms with van der Waals surface area (Å²) >= 11 is 11.6. The molecule has 0 saturated heterocycles. The van der Waals surface area contributed by atoms with E-state index in [1.165, 1.54) is 25.5 Å². The summed E-state index contributed by atoms with van der Waals surface area (Å²) in [5.41, 5.74) is 0.0467. The lowest BCUT2D eigenvalue weighted by Gasteiger charge is -2.08. The van der Waals surface area contributed by atoms with Gasteiger partial charge in [0.1, 0.15) is 0 Å². The van der Waals surface area contributed by atoms with Gasteiger partial charge in [-0.3, -0.25) is 0 Å². The molecular weight excluding hydrogens is 273 g/mol. The van der Waals surface area contributed by atoms with Crippen LogP contribution in [0.25, 0.3) is 0 Å². The van der Waals surface area contributed by atoms with Gasteiger partial charge in [-0.2, -0.15) is 0 Å². The van der Waals surface area contributed by atoms with Crippen molar-refractivity contribution in [3.63, 3.8) is 0 Å². The highest BCUT2D eigenvalue weighted by Crippen LogP contribution is 2.29. The molecule has 1 N–H and O–H groups in total. The lowest BCUT2D eigenvalue weighted by atomic mass is 10.2. The van der Waals surface area contributed by atoms with E-state index < -0.39 is 15.7 Å². The molecule has 0 fully saturated rings. The van der Waals surface area contributed by atoms with E-state index in [9.17, 15) is 9.00 Å². The molecule has 1 aromatic carbocycles. The van der Waals surface area contributed by atoms with E-state index in [1.54, 1.807) is 0 Å². The molecule has 0 amide bonds. The average Bonchev–Trinajstić information content (AvgIpc) is 2.14. The van der Waals surface area contributed by atoms with Gasteiger partial charge < -0.3 is 4.74 Å². The van der Waals surface area contributed by atoms with E-state index in [0.29, 0.717) is 0 Å². The van der Waals surface area contributed by atoms with Crippen LogP contribution in [0.4, 0.5) is 0 Å². The van der Waals surface area contributed by atoms with Crippen molar-refractivity contribution in [1.29, 1.82) is 4.78 Å². The van der Waals surface area contributed by atoms with Crippen LogP contribution in [0.15, 0.2) is 17.0 Å². The fourth-order valence-corrected chi connectivity index (χ4v) is 2.77. The SMILES string of the molecule is COC(=O)c1cc(S(C)(=N)=O)c(Cl)cc1Cl. The van der Waals surface area contributed by atoms with Crippen LogP contribution in [-0.4, -0.2) is 23.5 Å². The molecule has 0 radical (unpaired) electrons. The summed E-state index contributed by atoms with van der Waals surface area (Å²) in [6.45, 7) is 0. The molecule has 16 heavy (non-hydrogen) atoms. The molecule has 0 bridgehead atoms. The first-order chi connectivity index (χ1) is 7.27. The molecule has 7 heteroatoms. The number of methoxy groups -OCH3 is 1. The van der Waals surface area contributed by atoms with Crippen LogP contribution in [0.2, 0.25) is 10.0 Å². The van der Waals surface area contributed by atoms with Crippen LogP contribution in [0.1, 0.15) is 10.4 Å². The van der Waals surface area contributed by atoms with E-state index in [4.69, 9.17) is 28.0 Å². The number of hydrogen-bond donors (Lipinski definition) is 1. The maximum Gasteiger partial charge on any atom is 0.339 e. The highest BCUT2D eigenvalue weighted by atomic mass is 35.5. The summed E-state index contributed by atoms with van der Waals surface area (Å²) in [7, 11) is -1.81.